The molecule has 2 rings (SSSR count). The third-order valence-electron chi connectivity index (χ3n) is 4.69. The molecule has 1 saturated heterocycles. The topological polar surface area (TPSA) is 87.0 Å². The van der Waals surface area contributed by atoms with Crippen molar-refractivity contribution in [2.45, 2.75) is 24.9 Å². The van der Waals surface area contributed by atoms with Gasteiger partial charge in [0.05, 0.1) is 19.3 Å². The number of methoxy groups -OCH3 is 1. The summed E-state index contributed by atoms with van der Waals surface area (Å²) in [4.78, 5) is 19.8. The van der Waals surface area contributed by atoms with Gasteiger partial charge in [-0.2, -0.15) is 5.10 Å². The van der Waals surface area contributed by atoms with Gasteiger partial charge in [0, 0.05) is 51.5 Å². The molecule has 2 N–H and O–H groups in total. The van der Waals surface area contributed by atoms with Crippen molar-refractivity contribution in [3.05, 3.63) is 18.0 Å². The van der Waals surface area contributed by atoms with Gasteiger partial charge in [0.15, 0.2) is 5.96 Å². The standard InChI is InChI=1S/C17H31N7O2.HI/c1-18-16(21-14-6-8-24(9-7-14)17(25)26-5)19-11-15(22(2)3)13-10-20-23(4)12-13;/h10,12,14-15H,6-9,11H2,1-5H3,(H2,18,19,21);1H. The largest absolute Gasteiger partial charge is 0.453 e. The lowest BCUT2D eigenvalue weighted by Crippen LogP contribution is -2.50. The monoisotopic (exact) mass is 493 g/mol. The number of aromatic nitrogens is 2. The Labute approximate surface area is 178 Å². The highest BCUT2D eigenvalue weighted by Crippen LogP contribution is 2.16. The molecule has 0 radical (unpaired) electrons. The molecule has 2 heterocycles. The van der Waals surface area contributed by atoms with E-state index in [0.717, 1.165) is 30.9 Å². The number of likely N-dealkylation sites (tertiary alicyclic amines) is 1. The molecule has 9 nitrogen and oxygen atoms in total. The zero-order valence-corrected chi connectivity index (χ0v) is 19.1. The number of amides is 1. The van der Waals surface area contributed by atoms with E-state index >= 15 is 0 Å². The number of nitrogens with zero attached hydrogens (tertiary/aromatic N) is 5. The molecule has 1 unspecified atom stereocenters. The Hall–Kier alpha value is -1.56. The number of nitrogens with one attached hydrogen (secondary N) is 2. The van der Waals surface area contributed by atoms with Gasteiger partial charge in [-0.25, -0.2) is 4.79 Å². The lowest BCUT2D eigenvalue weighted by atomic mass is 10.1. The third-order valence-corrected chi connectivity index (χ3v) is 4.69. The molecular formula is C17H32IN7O2. The SMILES string of the molecule is CN=C(NCC(c1cnn(C)c1)N(C)C)NC1CCN(C(=O)OC)CC1.I. The van der Waals surface area contributed by atoms with Gasteiger partial charge in [-0.05, 0) is 26.9 Å². The van der Waals surface area contributed by atoms with Gasteiger partial charge in [-0.1, -0.05) is 0 Å². The first-order valence-electron chi connectivity index (χ1n) is 8.89. The minimum absolute atomic E-state index is 0. The van der Waals surface area contributed by atoms with E-state index in [1.54, 1.807) is 11.9 Å². The van der Waals surface area contributed by atoms with Crippen LogP contribution in [0.15, 0.2) is 17.4 Å². The van der Waals surface area contributed by atoms with E-state index in [1.165, 1.54) is 7.11 Å². The van der Waals surface area contributed by atoms with Gasteiger partial charge in [0.25, 0.3) is 0 Å². The Morgan fingerprint density at radius 3 is 2.59 bits per heavy atom. The van der Waals surface area contributed by atoms with Crippen molar-refractivity contribution >= 4 is 36.0 Å². The predicted molar refractivity (Wildman–Crippen MR) is 117 cm³/mol. The molecule has 1 aliphatic heterocycles. The minimum Gasteiger partial charge on any atom is -0.453 e. The van der Waals surface area contributed by atoms with Crippen molar-refractivity contribution in [3.8, 4) is 0 Å². The number of hydrogen-bond acceptors (Lipinski definition) is 5. The fraction of sp³-hybridized carbons (Fsp3) is 0.706. The van der Waals surface area contributed by atoms with Crippen LogP contribution >= 0.6 is 24.0 Å². The van der Waals surface area contributed by atoms with Crippen molar-refractivity contribution in [1.29, 1.82) is 0 Å². The molecule has 1 atom stereocenters. The summed E-state index contributed by atoms with van der Waals surface area (Å²) in [6.45, 7) is 2.11. The quantitative estimate of drug-likeness (QED) is 0.362. The highest BCUT2D eigenvalue weighted by Gasteiger charge is 2.24. The molecule has 1 amide bonds. The van der Waals surface area contributed by atoms with E-state index in [4.69, 9.17) is 4.74 Å². The number of likely N-dealkylation sites (N-methyl/N-ethyl adjacent to an activating group) is 1. The summed E-state index contributed by atoms with van der Waals surface area (Å²) in [5, 5.41) is 11.1. The maximum absolute atomic E-state index is 11.6. The van der Waals surface area contributed by atoms with Crippen LogP contribution in [0, 0.1) is 0 Å². The average molecular weight is 493 g/mol. The molecule has 1 fully saturated rings. The zero-order valence-electron chi connectivity index (χ0n) is 16.8. The van der Waals surface area contributed by atoms with E-state index < -0.39 is 0 Å². The summed E-state index contributed by atoms with van der Waals surface area (Å²) < 4.78 is 6.59. The number of carbonyl (C=O) groups is 1. The first-order valence-corrected chi connectivity index (χ1v) is 8.89. The van der Waals surface area contributed by atoms with Crippen LogP contribution < -0.4 is 10.6 Å². The smallest absolute Gasteiger partial charge is 0.409 e. The molecule has 0 aliphatic carbocycles. The second-order valence-electron chi connectivity index (χ2n) is 6.76. The van der Waals surface area contributed by atoms with Crippen LogP contribution in [-0.4, -0.2) is 85.6 Å². The van der Waals surface area contributed by atoms with E-state index in [9.17, 15) is 4.79 Å². The molecule has 154 valence electrons. The first-order chi connectivity index (χ1) is 12.4. The van der Waals surface area contributed by atoms with Crippen molar-refractivity contribution in [2.75, 3.05) is 47.9 Å². The van der Waals surface area contributed by atoms with Crippen LogP contribution in [0.1, 0.15) is 24.4 Å². The summed E-state index contributed by atoms with van der Waals surface area (Å²) in [6.07, 6.45) is 5.41. The second kappa shape index (κ2) is 11.3. The molecule has 0 bridgehead atoms. The van der Waals surface area contributed by atoms with E-state index in [0.29, 0.717) is 19.1 Å². The number of ether oxygens (including phenoxy) is 1. The fourth-order valence-electron chi connectivity index (χ4n) is 3.13. The van der Waals surface area contributed by atoms with Crippen LogP contribution in [-0.2, 0) is 11.8 Å². The number of carbonyl (C=O) groups excluding carboxylic acids is 1. The third kappa shape index (κ3) is 6.83. The molecule has 0 aromatic carbocycles. The minimum atomic E-state index is -0.253. The molecule has 27 heavy (non-hydrogen) atoms. The summed E-state index contributed by atoms with van der Waals surface area (Å²) >= 11 is 0. The van der Waals surface area contributed by atoms with E-state index in [-0.39, 0.29) is 36.1 Å². The average Bonchev–Trinajstić information content (AvgIpc) is 3.06. The Balaban J connectivity index is 0.00000364. The number of rotatable bonds is 5. The Kier molecular flexibility index (Phi) is 9.84. The summed E-state index contributed by atoms with van der Waals surface area (Å²) in [5.41, 5.74) is 1.16. The van der Waals surface area contributed by atoms with Crippen molar-refractivity contribution in [1.82, 2.24) is 30.2 Å². The van der Waals surface area contributed by atoms with Gasteiger partial charge in [0.1, 0.15) is 0 Å². The first kappa shape index (κ1) is 23.5. The Morgan fingerprint density at radius 2 is 2.11 bits per heavy atom. The van der Waals surface area contributed by atoms with Crippen LogP contribution in [0.5, 0.6) is 0 Å². The van der Waals surface area contributed by atoms with Crippen molar-refractivity contribution in [2.24, 2.45) is 12.0 Å². The van der Waals surface area contributed by atoms with Crippen LogP contribution in [0.2, 0.25) is 0 Å². The number of guanidine groups is 1. The van der Waals surface area contributed by atoms with Crippen LogP contribution in [0.4, 0.5) is 4.79 Å². The lowest BCUT2D eigenvalue weighted by molar-refractivity contribution is 0.111. The highest BCUT2D eigenvalue weighted by molar-refractivity contribution is 14.0. The number of hydrogen-bond donors (Lipinski definition) is 2. The van der Waals surface area contributed by atoms with Crippen molar-refractivity contribution in [3.63, 3.8) is 0 Å². The molecule has 0 spiro atoms. The molecule has 1 aliphatic rings. The van der Waals surface area contributed by atoms with Gasteiger partial charge in [-0.3, -0.25) is 9.67 Å². The molecule has 0 saturated carbocycles. The maximum atomic E-state index is 11.6. The van der Waals surface area contributed by atoms with Crippen LogP contribution in [0.3, 0.4) is 0 Å². The fourth-order valence-corrected chi connectivity index (χ4v) is 3.13. The lowest BCUT2D eigenvalue weighted by Gasteiger charge is -2.32. The summed E-state index contributed by atoms with van der Waals surface area (Å²) in [5.74, 6) is 0.775. The van der Waals surface area contributed by atoms with Crippen LogP contribution in [0.25, 0.3) is 0 Å². The number of aryl methyl sites for hydroxylation is 1. The van der Waals surface area contributed by atoms with E-state index in [1.807, 2.05) is 24.1 Å². The molecule has 10 heteroatoms. The molecule has 1 aromatic heterocycles. The van der Waals surface area contributed by atoms with Gasteiger partial charge >= 0.3 is 6.09 Å². The van der Waals surface area contributed by atoms with Gasteiger partial charge < -0.3 is 25.2 Å². The molecular weight excluding hydrogens is 461 g/mol. The number of aliphatic imine (C=N–C) groups is 1. The molecule has 1 aromatic rings. The Bertz CT molecular complexity index is 612. The van der Waals surface area contributed by atoms with Crippen molar-refractivity contribution < 1.29 is 9.53 Å². The highest BCUT2D eigenvalue weighted by atomic mass is 127. The number of halogens is 1. The van der Waals surface area contributed by atoms with E-state index in [2.05, 4.69) is 39.7 Å². The van der Waals surface area contributed by atoms with Gasteiger partial charge in [-0.15, -0.1) is 24.0 Å². The van der Waals surface area contributed by atoms with Gasteiger partial charge in [0.2, 0.25) is 0 Å². The summed E-state index contributed by atoms with van der Waals surface area (Å²) in [6, 6.07) is 0.488. The second-order valence-corrected chi connectivity index (χ2v) is 6.76. The summed E-state index contributed by atoms with van der Waals surface area (Å²) in [7, 11) is 9.22. The normalized spacial score (nSPS) is 16.7. The number of piperidine rings is 1. The Morgan fingerprint density at radius 1 is 1.44 bits per heavy atom. The maximum Gasteiger partial charge on any atom is 0.409 e. The zero-order chi connectivity index (χ0) is 19.1. The predicted octanol–water partition coefficient (Wildman–Crippen LogP) is 1.04.